The number of nitrogens with zero attached hydrogens (tertiary/aromatic N) is 2. The van der Waals surface area contributed by atoms with E-state index in [1.807, 2.05) is 0 Å². The molecular weight excluding hydrogens is 363 g/mol. The molecule has 0 amide bonds. The highest BCUT2D eigenvalue weighted by atomic mass is 35.5. The molecule has 0 saturated carbocycles. The van der Waals surface area contributed by atoms with E-state index in [-0.39, 0.29) is 22.8 Å². The number of carbonyl (C=O) groups is 1. The normalized spacial score (nSPS) is 11.9. The maximum absolute atomic E-state index is 12.0. The monoisotopic (exact) mass is 373 g/mol. The number of pyridine rings is 1. The van der Waals surface area contributed by atoms with Crippen LogP contribution in [-0.2, 0) is 4.84 Å². The molecule has 1 aromatic heterocycles. The predicted molar refractivity (Wildman–Crippen MR) is 83.4 cm³/mol. The van der Waals surface area contributed by atoms with Crippen LogP contribution >= 0.6 is 11.6 Å². The lowest BCUT2D eigenvalue weighted by Crippen LogP contribution is -2.20. The van der Waals surface area contributed by atoms with E-state index < -0.39 is 18.8 Å². The van der Waals surface area contributed by atoms with Gasteiger partial charge in [-0.05, 0) is 30.3 Å². The van der Waals surface area contributed by atoms with E-state index in [0.29, 0.717) is 5.02 Å². The summed E-state index contributed by atoms with van der Waals surface area (Å²) >= 11 is 5.70. The fourth-order valence-electron chi connectivity index (χ4n) is 1.55. The molecule has 132 valence electrons. The molecule has 0 unspecified atom stereocenters. The summed E-state index contributed by atoms with van der Waals surface area (Å²) in [6, 6.07) is 8.43. The third-order valence-electron chi connectivity index (χ3n) is 2.72. The summed E-state index contributed by atoms with van der Waals surface area (Å²) in [7, 11) is 0. The Kier molecular flexibility index (Phi) is 5.81. The number of amidine groups is 1. The zero-order chi connectivity index (χ0) is 18.4. The molecule has 6 nitrogen and oxygen atoms in total. The van der Waals surface area contributed by atoms with Crippen molar-refractivity contribution in [1.82, 2.24) is 4.98 Å². The largest absolute Gasteiger partial charge is 0.468 e. The number of benzene rings is 1. The molecule has 2 rings (SSSR count). The summed E-state index contributed by atoms with van der Waals surface area (Å²) in [5.41, 5.74) is 6.09. The summed E-state index contributed by atoms with van der Waals surface area (Å²) < 4.78 is 40.6. The van der Waals surface area contributed by atoms with Crippen LogP contribution in [-0.4, -0.2) is 29.6 Å². The SMILES string of the molecule is NC(=NOC(=O)c1ccc(Cl)cc1)c1ccc(OCC(F)(F)F)nc1. The third kappa shape index (κ3) is 5.96. The summed E-state index contributed by atoms with van der Waals surface area (Å²) in [6.07, 6.45) is -3.32. The quantitative estimate of drug-likeness (QED) is 0.376. The average molecular weight is 374 g/mol. The van der Waals surface area contributed by atoms with E-state index in [1.54, 1.807) is 0 Å². The number of ether oxygens (including phenoxy) is 1. The van der Waals surface area contributed by atoms with E-state index in [1.165, 1.54) is 36.4 Å². The highest BCUT2D eigenvalue weighted by Crippen LogP contribution is 2.17. The third-order valence-corrected chi connectivity index (χ3v) is 2.97. The van der Waals surface area contributed by atoms with Gasteiger partial charge in [-0.15, -0.1) is 0 Å². The summed E-state index contributed by atoms with van der Waals surface area (Å²) in [5, 5.41) is 3.92. The van der Waals surface area contributed by atoms with Crippen molar-refractivity contribution in [1.29, 1.82) is 0 Å². The van der Waals surface area contributed by atoms with Crippen molar-refractivity contribution in [2.24, 2.45) is 10.9 Å². The molecule has 0 saturated heterocycles. The topological polar surface area (TPSA) is 86.8 Å². The number of aromatic nitrogens is 1. The van der Waals surface area contributed by atoms with Crippen molar-refractivity contribution in [2.45, 2.75) is 6.18 Å². The Hall–Kier alpha value is -2.81. The highest BCUT2D eigenvalue weighted by Gasteiger charge is 2.28. The second-order valence-corrected chi connectivity index (χ2v) is 5.09. The van der Waals surface area contributed by atoms with E-state index >= 15 is 0 Å². The molecule has 2 aromatic rings. The Bertz CT molecular complexity index is 762. The predicted octanol–water partition coefficient (Wildman–Crippen LogP) is 3.15. The standard InChI is InChI=1S/C15H11ClF3N3O3/c16-11-4-1-9(2-5-11)14(23)25-22-13(20)10-3-6-12(21-7-10)24-8-15(17,18)19/h1-7H,8H2,(H2,20,22). The Balaban J connectivity index is 1.97. The van der Waals surface area contributed by atoms with Crippen molar-refractivity contribution < 1.29 is 27.5 Å². The molecule has 0 fully saturated rings. The van der Waals surface area contributed by atoms with E-state index in [0.717, 1.165) is 6.20 Å². The molecule has 2 N–H and O–H groups in total. The molecule has 10 heteroatoms. The lowest BCUT2D eigenvalue weighted by molar-refractivity contribution is -0.154. The molecule has 0 aliphatic carbocycles. The first-order chi connectivity index (χ1) is 11.7. The van der Waals surface area contributed by atoms with Gasteiger partial charge in [-0.3, -0.25) is 0 Å². The minimum Gasteiger partial charge on any atom is -0.468 e. The number of nitrogens with two attached hydrogens (primary N) is 1. The number of oxime groups is 1. The van der Waals surface area contributed by atoms with Gasteiger partial charge in [0.2, 0.25) is 5.88 Å². The molecule has 1 heterocycles. The summed E-state index contributed by atoms with van der Waals surface area (Å²) in [6.45, 7) is -1.46. The van der Waals surface area contributed by atoms with Crippen LogP contribution in [0.3, 0.4) is 0 Å². The van der Waals surface area contributed by atoms with Crippen LogP contribution in [0.1, 0.15) is 15.9 Å². The highest BCUT2D eigenvalue weighted by molar-refractivity contribution is 6.30. The van der Waals surface area contributed by atoms with Gasteiger partial charge in [0.05, 0.1) is 5.56 Å². The van der Waals surface area contributed by atoms with Gasteiger partial charge < -0.3 is 15.3 Å². The van der Waals surface area contributed by atoms with Crippen LogP contribution in [0.15, 0.2) is 47.8 Å². The molecule has 0 spiro atoms. The molecule has 25 heavy (non-hydrogen) atoms. The smallest absolute Gasteiger partial charge is 0.422 e. The Morgan fingerprint density at radius 2 is 1.80 bits per heavy atom. The zero-order valence-corrected chi connectivity index (χ0v) is 13.2. The van der Waals surface area contributed by atoms with Gasteiger partial charge in [-0.1, -0.05) is 16.8 Å². The van der Waals surface area contributed by atoms with Crippen LogP contribution in [0.2, 0.25) is 5.02 Å². The van der Waals surface area contributed by atoms with Gasteiger partial charge in [-0.25, -0.2) is 9.78 Å². The average Bonchev–Trinajstić information content (AvgIpc) is 2.58. The fraction of sp³-hybridized carbons (Fsp3) is 0.133. The number of carbonyl (C=O) groups excluding carboxylic acids is 1. The van der Waals surface area contributed by atoms with Gasteiger partial charge >= 0.3 is 12.1 Å². The van der Waals surface area contributed by atoms with Crippen LogP contribution in [0.25, 0.3) is 0 Å². The van der Waals surface area contributed by atoms with Gasteiger partial charge in [0.25, 0.3) is 0 Å². The Morgan fingerprint density at radius 3 is 2.36 bits per heavy atom. The van der Waals surface area contributed by atoms with Crippen molar-refractivity contribution in [3.8, 4) is 5.88 Å². The number of alkyl halides is 3. The minimum absolute atomic E-state index is 0.183. The Labute approximate surface area is 145 Å². The molecule has 1 aromatic carbocycles. The van der Waals surface area contributed by atoms with Crippen LogP contribution in [0, 0.1) is 0 Å². The van der Waals surface area contributed by atoms with Crippen molar-refractivity contribution in [3.05, 3.63) is 58.7 Å². The molecule has 0 atom stereocenters. The molecule has 0 bridgehead atoms. The van der Waals surface area contributed by atoms with E-state index in [2.05, 4.69) is 19.7 Å². The van der Waals surface area contributed by atoms with E-state index in [9.17, 15) is 18.0 Å². The van der Waals surface area contributed by atoms with Gasteiger partial charge in [0, 0.05) is 22.8 Å². The maximum atomic E-state index is 12.0. The van der Waals surface area contributed by atoms with E-state index in [4.69, 9.17) is 17.3 Å². The first-order valence-corrected chi connectivity index (χ1v) is 7.09. The summed E-state index contributed by atoms with van der Waals surface area (Å²) in [4.78, 5) is 20.1. The van der Waals surface area contributed by atoms with Crippen molar-refractivity contribution >= 4 is 23.4 Å². The lowest BCUT2D eigenvalue weighted by Gasteiger charge is -2.08. The number of rotatable bonds is 5. The fourth-order valence-corrected chi connectivity index (χ4v) is 1.68. The molecule has 0 aliphatic rings. The molecular formula is C15H11ClF3N3O3. The van der Waals surface area contributed by atoms with Gasteiger partial charge in [-0.2, -0.15) is 13.2 Å². The summed E-state index contributed by atoms with van der Waals surface area (Å²) in [5.74, 6) is -1.16. The van der Waals surface area contributed by atoms with Gasteiger partial charge in [0.1, 0.15) is 0 Å². The second-order valence-electron chi connectivity index (χ2n) is 4.65. The number of hydrogen-bond acceptors (Lipinski definition) is 5. The van der Waals surface area contributed by atoms with Gasteiger partial charge in [0.15, 0.2) is 12.4 Å². The van der Waals surface area contributed by atoms with Crippen LogP contribution in [0.5, 0.6) is 5.88 Å². The lowest BCUT2D eigenvalue weighted by atomic mass is 10.2. The number of hydrogen-bond donors (Lipinski definition) is 1. The maximum Gasteiger partial charge on any atom is 0.422 e. The van der Waals surface area contributed by atoms with Crippen LogP contribution in [0.4, 0.5) is 13.2 Å². The van der Waals surface area contributed by atoms with Crippen molar-refractivity contribution in [2.75, 3.05) is 6.61 Å². The zero-order valence-electron chi connectivity index (χ0n) is 12.5. The first-order valence-electron chi connectivity index (χ1n) is 6.71. The van der Waals surface area contributed by atoms with Crippen LogP contribution < -0.4 is 10.5 Å². The molecule has 0 aliphatic heterocycles. The second kappa shape index (κ2) is 7.84. The Morgan fingerprint density at radius 1 is 1.16 bits per heavy atom. The molecule has 0 radical (unpaired) electrons. The number of halogens is 4. The van der Waals surface area contributed by atoms with Crippen molar-refractivity contribution in [3.63, 3.8) is 0 Å². The minimum atomic E-state index is -4.46. The first kappa shape index (κ1) is 18.5.